The fraction of sp³-hybridized carbons (Fsp3) is 0.278. The van der Waals surface area contributed by atoms with Crippen LogP contribution in [0.5, 0.6) is 11.5 Å². The van der Waals surface area contributed by atoms with Crippen LogP contribution in [-0.2, 0) is 16.4 Å². The maximum Gasteiger partial charge on any atom is 0.244 e. The number of rotatable bonds is 7. The van der Waals surface area contributed by atoms with Gasteiger partial charge in [-0.05, 0) is 36.8 Å². The summed E-state index contributed by atoms with van der Waals surface area (Å²) in [5.41, 5.74) is 2.32. The molecule has 0 saturated carbocycles. The first-order valence-electron chi connectivity index (χ1n) is 8.09. The van der Waals surface area contributed by atoms with Crippen LogP contribution in [0.4, 0.5) is 0 Å². The number of nitrogens with one attached hydrogen (secondary N) is 1. The van der Waals surface area contributed by atoms with Gasteiger partial charge in [0, 0.05) is 25.4 Å². The molecule has 0 spiro atoms. The molecule has 0 bridgehead atoms. The van der Waals surface area contributed by atoms with E-state index < -0.39 is 10.0 Å². The van der Waals surface area contributed by atoms with Gasteiger partial charge >= 0.3 is 0 Å². The molecule has 0 unspecified atom stereocenters. The second kappa shape index (κ2) is 7.35. The number of methoxy groups -OCH3 is 2. The molecule has 3 aromatic rings. The number of pyridine rings is 1. The molecule has 0 atom stereocenters. The number of sulfonamides is 1. The summed E-state index contributed by atoms with van der Waals surface area (Å²) >= 11 is 0. The maximum absolute atomic E-state index is 12.6. The number of fused-ring (bicyclic) bond motifs is 1. The monoisotopic (exact) mass is 375 g/mol. The standard InChI is InChI=1S/C18H21N3O4S/c1-13-6-7-15(24-2)17(11-13)26(22,23)19-9-8-14-12-21-10-4-5-16(25-3)18(21)20-14/h4-7,10-12,19H,8-9H2,1-3H3. The first kappa shape index (κ1) is 18.2. The molecule has 1 N–H and O–H groups in total. The van der Waals surface area contributed by atoms with Crippen molar-refractivity contribution in [1.29, 1.82) is 0 Å². The van der Waals surface area contributed by atoms with Crippen LogP contribution in [0, 0.1) is 6.92 Å². The molecule has 1 aromatic carbocycles. The van der Waals surface area contributed by atoms with E-state index in [1.807, 2.05) is 41.9 Å². The summed E-state index contributed by atoms with van der Waals surface area (Å²) in [5.74, 6) is 0.990. The molecule has 7 nitrogen and oxygen atoms in total. The highest BCUT2D eigenvalue weighted by molar-refractivity contribution is 7.89. The molecule has 0 amide bonds. The highest BCUT2D eigenvalue weighted by Crippen LogP contribution is 2.24. The van der Waals surface area contributed by atoms with Crippen molar-refractivity contribution in [2.45, 2.75) is 18.2 Å². The average molecular weight is 375 g/mol. The van der Waals surface area contributed by atoms with Gasteiger partial charge in [0.05, 0.1) is 19.9 Å². The average Bonchev–Trinajstić information content (AvgIpc) is 3.04. The van der Waals surface area contributed by atoms with Crippen molar-refractivity contribution < 1.29 is 17.9 Å². The lowest BCUT2D eigenvalue weighted by Gasteiger charge is -2.11. The molecule has 138 valence electrons. The lowest BCUT2D eigenvalue weighted by atomic mass is 10.2. The second-order valence-corrected chi connectivity index (χ2v) is 7.58. The zero-order valence-electron chi connectivity index (χ0n) is 14.9. The van der Waals surface area contributed by atoms with Crippen molar-refractivity contribution in [2.24, 2.45) is 0 Å². The quantitative estimate of drug-likeness (QED) is 0.684. The molecular weight excluding hydrogens is 354 g/mol. The summed E-state index contributed by atoms with van der Waals surface area (Å²) in [4.78, 5) is 4.64. The third-order valence-electron chi connectivity index (χ3n) is 4.00. The van der Waals surface area contributed by atoms with Crippen molar-refractivity contribution in [3.05, 3.63) is 54.0 Å². The van der Waals surface area contributed by atoms with Gasteiger partial charge in [0.15, 0.2) is 11.4 Å². The van der Waals surface area contributed by atoms with Gasteiger partial charge in [-0.25, -0.2) is 18.1 Å². The summed E-state index contributed by atoms with van der Waals surface area (Å²) in [6, 6.07) is 8.75. The van der Waals surface area contributed by atoms with E-state index in [2.05, 4.69) is 9.71 Å². The van der Waals surface area contributed by atoms with E-state index >= 15 is 0 Å². The minimum absolute atomic E-state index is 0.136. The van der Waals surface area contributed by atoms with Gasteiger partial charge in [0.25, 0.3) is 0 Å². The van der Waals surface area contributed by atoms with Crippen molar-refractivity contribution in [1.82, 2.24) is 14.1 Å². The largest absolute Gasteiger partial charge is 0.495 e. The third-order valence-corrected chi connectivity index (χ3v) is 5.48. The predicted octanol–water partition coefficient (Wildman–Crippen LogP) is 2.18. The highest BCUT2D eigenvalue weighted by Gasteiger charge is 2.19. The van der Waals surface area contributed by atoms with Crippen molar-refractivity contribution in [2.75, 3.05) is 20.8 Å². The number of ether oxygens (including phenoxy) is 2. The number of hydrogen-bond donors (Lipinski definition) is 1. The zero-order valence-corrected chi connectivity index (χ0v) is 15.7. The van der Waals surface area contributed by atoms with Gasteiger partial charge < -0.3 is 13.9 Å². The molecule has 2 heterocycles. The van der Waals surface area contributed by atoms with Crippen LogP contribution >= 0.6 is 0 Å². The van der Waals surface area contributed by atoms with Gasteiger partial charge in [0.1, 0.15) is 10.6 Å². The summed E-state index contributed by atoms with van der Waals surface area (Å²) in [6.07, 6.45) is 4.19. The number of aryl methyl sites for hydroxylation is 1. The normalized spacial score (nSPS) is 11.7. The van der Waals surface area contributed by atoms with E-state index in [4.69, 9.17) is 9.47 Å². The molecule has 0 aliphatic rings. The summed E-state index contributed by atoms with van der Waals surface area (Å²) in [5, 5.41) is 0. The van der Waals surface area contributed by atoms with Crippen molar-refractivity contribution in [3.63, 3.8) is 0 Å². The van der Waals surface area contributed by atoms with E-state index in [0.717, 1.165) is 11.3 Å². The van der Waals surface area contributed by atoms with Gasteiger partial charge in [-0.15, -0.1) is 0 Å². The van der Waals surface area contributed by atoms with Crippen LogP contribution < -0.4 is 14.2 Å². The van der Waals surface area contributed by atoms with Crippen LogP contribution in [0.25, 0.3) is 5.65 Å². The number of nitrogens with zero attached hydrogens (tertiary/aromatic N) is 2. The lowest BCUT2D eigenvalue weighted by Crippen LogP contribution is -2.26. The molecule has 0 saturated heterocycles. The molecule has 3 rings (SSSR count). The van der Waals surface area contributed by atoms with E-state index in [9.17, 15) is 8.42 Å². The van der Waals surface area contributed by atoms with Crippen LogP contribution in [0.2, 0.25) is 0 Å². The molecular formula is C18H21N3O4S. The Morgan fingerprint density at radius 3 is 2.65 bits per heavy atom. The molecule has 0 aliphatic heterocycles. The molecule has 2 aromatic heterocycles. The third kappa shape index (κ3) is 3.66. The van der Waals surface area contributed by atoms with Gasteiger partial charge in [0.2, 0.25) is 10.0 Å². The Labute approximate surface area is 152 Å². The Balaban J connectivity index is 1.74. The lowest BCUT2D eigenvalue weighted by molar-refractivity contribution is 0.402. The molecule has 0 aliphatic carbocycles. The number of aromatic nitrogens is 2. The SMILES string of the molecule is COc1ccc(C)cc1S(=O)(=O)NCCc1cn2cccc(OC)c2n1. The minimum atomic E-state index is -3.67. The highest BCUT2D eigenvalue weighted by atomic mass is 32.2. The van der Waals surface area contributed by atoms with Crippen LogP contribution in [0.15, 0.2) is 47.6 Å². The smallest absolute Gasteiger partial charge is 0.244 e. The summed E-state index contributed by atoms with van der Waals surface area (Å²) in [6.45, 7) is 2.06. The fourth-order valence-corrected chi connectivity index (χ4v) is 3.99. The Hall–Kier alpha value is -2.58. The van der Waals surface area contributed by atoms with E-state index in [-0.39, 0.29) is 11.4 Å². The first-order valence-corrected chi connectivity index (χ1v) is 9.58. The van der Waals surface area contributed by atoms with Crippen LogP contribution in [-0.4, -0.2) is 38.6 Å². The summed E-state index contributed by atoms with van der Waals surface area (Å²) < 4.78 is 40.1. The van der Waals surface area contributed by atoms with Gasteiger partial charge in [-0.3, -0.25) is 0 Å². The van der Waals surface area contributed by atoms with Crippen molar-refractivity contribution >= 4 is 15.7 Å². The van der Waals surface area contributed by atoms with Crippen LogP contribution in [0.1, 0.15) is 11.3 Å². The number of imidazole rings is 1. The van der Waals surface area contributed by atoms with Gasteiger partial charge in [-0.1, -0.05) is 6.07 Å². The topological polar surface area (TPSA) is 81.9 Å². The second-order valence-electron chi connectivity index (χ2n) is 5.84. The first-order chi connectivity index (χ1) is 12.4. The van der Waals surface area contributed by atoms with Crippen molar-refractivity contribution in [3.8, 4) is 11.5 Å². The molecule has 8 heteroatoms. The van der Waals surface area contributed by atoms with E-state index in [1.165, 1.54) is 7.11 Å². The maximum atomic E-state index is 12.6. The Morgan fingerprint density at radius 2 is 1.92 bits per heavy atom. The molecule has 0 radical (unpaired) electrons. The zero-order chi connectivity index (χ0) is 18.7. The van der Waals surface area contributed by atoms with Crippen LogP contribution in [0.3, 0.4) is 0 Å². The molecule has 0 fully saturated rings. The molecule has 26 heavy (non-hydrogen) atoms. The predicted molar refractivity (Wildman–Crippen MR) is 98.4 cm³/mol. The van der Waals surface area contributed by atoms with Gasteiger partial charge in [-0.2, -0.15) is 0 Å². The fourth-order valence-electron chi connectivity index (χ4n) is 2.70. The van der Waals surface area contributed by atoms with E-state index in [0.29, 0.717) is 23.6 Å². The Bertz CT molecular complexity index is 1030. The Kier molecular flexibility index (Phi) is 5.15. The Morgan fingerprint density at radius 1 is 1.15 bits per heavy atom. The number of benzene rings is 1. The number of hydrogen-bond acceptors (Lipinski definition) is 5. The van der Waals surface area contributed by atoms with E-state index in [1.54, 1.807) is 19.2 Å². The minimum Gasteiger partial charge on any atom is -0.495 e. The summed E-state index contributed by atoms with van der Waals surface area (Å²) in [7, 11) is -0.630.